The fraction of sp³-hybridized carbons (Fsp3) is 0.111. The van der Waals surface area contributed by atoms with Crippen LogP contribution in [0.15, 0.2) is 53.9 Å². The van der Waals surface area contributed by atoms with Crippen molar-refractivity contribution in [1.29, 1.82) is 0 Å². The van der Waals surface area contributed by atoms with Crippen molar-refractivity contribution in [3.05, 3.63) is 58.9 Å². The summed E-state index contributed by atoms with van der Waals surface area (Å²) in [7, 11) is 0. The molecule has 1 unspecified atom stereocenters. The molecule has 0 aliphatic carbocycles. The van der Waals surface area contributed by atoms with Crippen LogP contribution >= 0.6 is 38.9 Å². The Morgan fingerprint density at radius 2 is 1.75 bits per heavy atom. The van der Waals surface area contributed by atoms with Gasteiger partial charge in [0.1, 0.15) is 5.01 Å². The lowest BCUT2D eigenvalue weighted by Crippen LogP contribution is -2.19. The number of thiazole rings is 1. The SMILES string of the molecule is CC(Br)C(=O)Nc1ccc(-c2csc(-c3ccc(Cl)cc3)n2)cc1. The van der Waals surface area contributed by atoms with Gasteiger partial charge >= 0.3 is 0 Å². The van der Waals surface area contributed by atoms with Gasteiger partial charge in [-0.25, -0.2) is 4.98 Å². The maximum atomic E-state index is 11.7. The molecule has 24 heavy (non-hydrogen) atoms. The number of hydrogen-bond donors (Lipinski definition) is 1. The molecule has 6 heteroatoms. The number of carbonyl (C=O) groups excluding carboxylic acids is 1. The highest BCUT2D eigenvalue weighted by atomic mass is 79.9. The molecule has 0 aliphatic rings. The summed E-state index contributed by atoms with van der Waals surface area (Å²) in [6.07, 6.45) is 0. The van der Waals surface area contributed by atoms with Gasteiger partial charge in [-0.2, -0.15) is 0 Å². The minimum atomic E-state index is -0.224. The number of alkyl halides is 1. The number of hydrogen-bond acceptors (Lipinski definition) is 3. The third kappa shape index (κ3) is 4.04. The summed E-state index contributed by atoms with van der Waals surface area (Å²) in [5.74, 6) is -0.0681. The van der Waals surface area contributed by atoms with Crippen molar-refractivity contribution < 1.29 is 4.79 Å². The number of carbonyl (C=O) groups is 1. The van der Waals surface area contributed by atoms with Crippen molar-refractivity contribution in [2.24, 2.45) is 0 Å². The highest BCUT2D eigenvalue weighted by molar-refractivity contribution is 9.10. The summed E-state index contributed by atoms with van der Waals surface area (Å²) in [5.41, 5.74) is 3.74. The molecule has 1 N–H and O–H groups in total. The van der Waals surface area contributed by atoms with E-state index in [4.69, 9.17) is 11.6 Å². The predicted octanol–water partition coefficient (Wildman–Crippen LogP) is 5.85. The Balaban J connectivity index is 1.78. The lowest BCUT2D eigenvalue weighted by atomic mass is 10.1. The quantitative estimate of drug-likeness (QED) is 0.537. The lowest BCUT2D eigenvalue weighted by Gasteiger charge is -2.07. The van der Waals surface area contributed by atoms with Crippen LogP contribution in [0, 0.1) is 0 Å². The Bertz CT molecular complexity index is 844. The van der Waals surface area contributed by atoms with Crippen LogP contribution in [0.2, 0.25) is 5.02 Å². The molecule has 0 saturated heterocycles. The molecular formula is C18H14BrClN2OS. The fourth-order valence-electron chi connectivity index (χ4n) is 2.10. The molecule has 1 heterocycles. The topological polar surface area (TPSA) is 42.0 Å². The van der Waals surface area contributed by atoms with Crippen LogP contribution in [0.1, 0.15) is 6.92 Å². The zero-order valence-corrected chi connectivity index (χ0v) is 16.0. The Morgan fingerprint density at radius 1 is 1.12 bits per heavy atom. The number of aromatic nitrogens is 1. The summed E-state index contributed by atoms with van der Waals surface area (Å²) in [6.45, 7) is 1.79. The Labute approximate surface area is 157 Å². The monoisotopic (exact) mass is 420 g/mol. The molecule has 0 aliphatic heterocycles. The van der Waals surface area contributed by atoms with Gasteiger partial charge in [-0.1, -0.05) is 51.8 Å². The maximum Gasteiger partial charge on any atom is 0.237 e. The molecular weight excluding hydrogens is 408 g/mol. The van der Waals surface area contributed by atoms with E-state index in [-0.39, 0.29) is 10.7 Å². The lowest BCUT2D eigenvalue weighted by molar-refractivity contribution is -0.115. The van der Waals surface area contributed by atoms with E-state index in [2.05, 4.69) is 26.2 Å². The van der Waals surface area contributed by atoms with Crippen LogP contribution in [0.4, 0.5) is 5.69 Å². The molecule has 0 saturated carbocycles. The number of nitrogens with zero attached hydrogens (tertiary/aromatic N) is 1. The molecule has 0 radical (unpaired) electrons. The number of amides is 1. The molecule has 1 aromatic heterocycles. The summed E-state index contributed by atoms with van der Waals surface area (Å²) in [4.78, 5) is 16.1. The molecule has 3 nitrogen and oxygen atoms in total. The number of benzene rings is 2. The van der Waals surface area contributed by atoms with Crippen molar-refractivity contribution in [2.45, 2.75) is 11.8 Å². The molecule has 0 bridgehead atoms. The van der Waals surface area contributed by atoms with Crippen LogP contribution in [0.5, 0.6) is 0 Å². The van der Waals surface area contributed by atoms with Gasteiger partial charge in [0.2, 0.25) is 5.91 Å². The number of nitrogens with one attached hydrogen (secondary N) is 1. The minimum absolute atomic E-state index is 0.0681. The molecule has 0 spiro atoms. The van der Waals surface area contributed by atoms with Gasteiger partial charge in [-0.3, -0.25) is 4.79 Å². The van der Waals surface area contributed by atoms with E-state index in [9.17, 15) is 4.79 Å². The average Bonchev–Trinajstić information content (AvgIpc) is 3.06. The first-order valence-corrected chi connectivity index (χ1v) is 9.47. The zero-order valence-electron chi connectivity index (χ0n) is 12.8. The fourth-order valence-corrected chi connectivity index (χ4v) is 3.17. The number of anilines is 1. The van der Waals surface area contributed by atoms with Gasteiger partial charge in [0.05, 0.1) is 10.5 Å². The highest BCUT2D eigenvalue weighted by Gasteiger charge is 2.10. The molecule has 2 aromatic carbocycles. The van der Waals surface area contributed by atoms with Gasteiger partial charge in [-0.05, 0) is 31.2 Å². The van der Waals surface area contributed by atoms with Crippen LogP contribution in [-0.4, -0.2) is 15.7 Å². The third-order valence-electron chi connectivity index (χ3n) is 3.40. The summed E-state index contributed by atoms with van der Waals surface area (Å²) in [5, 5.41) is 6.53. The molecule has 3 aromatic rings. The van der Waals surface area contributed by atoms with Gasteiger partial charge in [0.15, 0.2) is 0 Å². The van der Waals surface area contributed by atoms with Crippen molar-refractivity contribution in [1.82, 2.24) is 4.98 Å². The second-order valence-corrected chi connectivity index (χ2v) is 7.90. The van der Waals surface area contributed by atoms with Gasteiger partial charge in [0, 0.05) is 27.2 Å². The van der Waals surface area contributed by atoms with E-state index in [1.807, 2.05) is 53.9 Å². The van der Waals surface area contributed by atoms with Crippen molar-refractivity contribution >= 4 is 50.5 Å². The maximum absolute atomic E-state index is 11.7. The third-order valence-corrected chi connectivity index (χ3v) is 4.96. The normalized spacial score (nSPS) is 12.0. The van der Waals surface area contributed by atoms with Crippen molar-refractivity contribution in [2.75, 3.05) is 5.32 Å². The largest absolute Gasteiger partial charge is 0.325 e. The van der Waals surface area contributed by atoms with Gasteiger partial charge < -0.3 is 5.32 Å². The summed E-state index contributed by atoms with van der Waals surface area (Å²) < 4.78 is 0. The zero-order chi connectivity index (χ0) is 17.1. The van der Waals surface area contributed by atoms with Crippen LogP contribution in [-0.2, 0) is 4.79 Å². The second kappa shape index (κ2) is 7.47. The minimum Gasteiger partial charge on any atom is -0.325 e. The molecule has 1 atom stereocenters. The number of halogens is 2. The van der Waals surface area contributed by atoms with Gasteiger partial charge in [-0.15, -0.1) is 11.3 Å². The van der Waals surface area contributed by atoms with Crippen molar-refractivity contribution in [3.63, 3.8) is 0 Å². The van der Waals surface area contributed by atoms with Crippen LogP contribution in [0.3, 0.4) is 0 Å². The Morgan fingerprint density at radius 3 is 2.38 bits per heavy atom. The molecule has 3 rings (SSSR count). The van der Waals surface area contributed by atoms with E-state index in [1.165, 1.54) is 0 Å². The number of rotatable bonds is 4. The van der Waals surface area contributed by atoms with E-state index < -0.39 is 0 Å². The standard InChI is InChI=1S/C18H14BrClN2OS/c1-11(19)17(23)21-15-8-4-12(5-9-15)16-10-24-18(22-16)13-2-6-14(20)7-3-13/h2-11H,1H3,(H,21,23). The molecule has 0 fully saturated rings. The van der Waals surface area contributed by atoms with E-state index >= 15 is 0 Å². The Hall–Kier alpha value is -1.69. The van der Waals surface area contributed by atoms with Crippen LogP contribution in [0.25, 0.3) is 21.8 Å². The van der Waals surface area contributed by atoms with Crippen LogP contribution < -0.4 is 5.32 Å². The summed E-state index contributed by atoms with van der Waals surface area (Å²) in [6, 6.07) is 15.3. The first-order valence-electron chi connectivity index (χ1n) is 7.30. The first kappa shape index (κ1) is 17.1. The van der Waals surface area contributed by atoms with E-state index in [1.54, 1.807) is 18.3 Å². The van der Waals surface area contributed by atoms with E-state index in [0.717, 1.165) is 27.5 Å². The molecule has 122 valence electrons. The van der Waals surface area contributed by atoms with Gasteiger partial charge in [0.25, 0.3) is 0 Å². The smallest absolute Gasteiger partial charge is 0.237 e. The summed E-state index contributed by atoms with van der Waals surface area (Å²) >= 11 is 10.8. The Kier molecular flexibility index (Phi) is 5.33. The first-order chi connectivity index (χ1) is 11.5. The highest BCUT2D eigenvalue weighted by Crippen LogP contribution is 2.30. The van der Waals surface area contributed by atoms with Crippen molar-refractivity contribution in [3.8, 4) is 21.8 Å². The predicted molar refractivity (Wildman–Crippen MR) is 105 cm³/mol. The average molecular weight is 422 g/mol. The second-order valence-electron chi connectivity index (χ2n) is 5.23. The van der Waals surface area contributed by atoms with E-state index in [0.29, 0.717) is 5.02 Å². The molecule has 1 amide bonds.